The highest BCUT2D eigenvalue weighted by Gasteiger charge is 2.08. The van der Waals surface area contributed by atoms with Crippen molar-refractivity contribution in [2.75, 3.05) is 6.61 Å². The number of hydrogen-bond acceptors (Lipinski definition) is 5. The molecule has 0 fully saturated rings. The number of hydrogen-bond donors (Lipinski definition) is 1. The van der Waals surface area contributed by atoms with Crippen molar-refractivity contribution < 1.29 is 19.4 Å². The van der Waals surface area contributed by atoms with Gasteiger partial charge in [0.1, 0.15) is 5.03 Å². The van der Waals surface area contributed by atoms with Crippen LogP contribution in [0.2, 0.25) is 0 Å². The third kappa shape index (κ3) is 4.06. The highest BCUT2D eigenvalue weighted by Crippen LogP contribution is 2.26. The Labute approximate surface area is 126 Å². The second kappa shape index (κ2) is 6.90. The van der Waals surface area contributed by atoms with Crippen LogP contribution in [0.5, 0.6) is 0 Å². The van der Waals surface area contributed by atoms with Gasteiger partial charge in [0.25, 0.3) is 0 Å². The molecule has 0 saturated carbocycles. The number of nitrogens with zero attached hydrogens (tertiary/aromatic N) is 1. The fourth-order valence-corrected chi connectivity index (χ4v) is 2.40. The topological polar surface area (TPSA) is 76.5 Å². The predicted octanol–water partition coefficient (Wildman–Crippen LogP) is 3.11. The lowest BCUT2D eigenvalue weighted by Gasteiger charge is -2.04. The number of esters is 1. The van der Waals surface area contributed by atoms with Crippen molar-refractivity contribution in [3.63, 3.8) is 0 Å². The fourth-order valence-electron chi connectivity index (χ4n) is 1.59. The molecule has 1 aromatic heterocycles. The summed E-state index contributed by atoms with van der Waals surface area (Å²) in [5.74, 6) is -1.38. The van der Waals surface area contributed by atoms with E-state index in [1.807, 2.05) is 0 Å². The fraction of sp³-hybridized carbons (Fsp3) is 0.133. The quantitative estimate of drug-likeness (QED) is 0.855. The summed E-state index contributed by atoms with van der Waals surface area (Å²) in [6.07, 6.45) is 1.45. The first kappa shape index (κ1) is 15.1. The van der Waals surface area contributed by atoms with Crippen LogP contribution in [0, 0.1) is 0 Å². The number of carbonyl (C=O) groups excluding carboxylic acids is 1. The van der Waals surface area contributed by atoms with Crippen LogP contribution < -0.4 is 0 Å². The summed E-state index contributed by atoms with van der Waals surface area (Å²) in [5, 5.41) is 9.62. The second-order valence-corrected chi connectivity index (χ2v) is 5.13. The molecule has 1 aromatic carbocycles. The lowest BCUT2D eigenvalue weighted by molar-refractivity contribution is 0.0525. The van der Waals surface area contributed by atoms with Crippen LogP contribution in [0.1, 0.15) is 27.6 Å². The van der Waals surface area contributed by atoms with Crippen LogP contribution in [0.15, 0.2) is 52.5 Å². The average molecular weight is 303 g/mol. The minimum atomic E-state index is -0.969. The van der Waals surface area contributed by atoms with Gasteiger partial charge in [-0.05, 0) is 37.3 Å². The lowest BCUT2D eigenvalue weighted by Crippen LogP contribution is -2.04. The van der Waals surface area contributed by atoms with E-state index in [0.717, 1.165) is 4.90 Å². The molecule has 0 saturated heterocycles. The maximum Gasteiger partial charge on any atom is 0.339 e. The number of carbonyl (C=O) groups is 2. The van der Waals surface area contributed by atoms with Gasteiger partial charge in [-0.3, -0.25) is 0 Å². The van der Waals surface area contributed by atoms with E-state index in [-0.39, 0.29) is 5.56 Å². The number of ether oxygens (including phenoxy) is 1. The van der Waals surface area contributed by atoms with E-state index < -0.39 is 11.9 Å². The molecule has 2 aromatic rings. The Morgan fingerprint density at radius 1 is 1.24 bits per heavy atom. The maximum absolute atomic E-state index is 11.5. The van der Waals surface area contributed by atoms with Gasteiger partial charge in [-0.2, -0.15) is 0 Å². The number of benzene rings is 1. The smallest absolute Gasteiger partial charge is 0.339 e. The van der Waals surface area contributed by atoms with Crippen LogP contribution in [0.25, 0.3) is 0 Å². The van der Waals surface area contributed by atoms with E-state index in [1.54, 1.807) is 37.3 Å². The zero-order chi connectivity index (χ0) is 15.2. The molecular formula is C15H13NO4S. The molecule has 0 aliphatic rings. The monoisotopic (exact) mass is 303 g/mol. The molecule has 1 N–H and O–H groups in total. The van der Waals surface area contributed by atoms with Crippen molar-refractivity contribution in [1.82, 2.24) is 4.98 Å². The summed E-state index contributed by atoms with van der Waals surface area (Å²) < 4.78 is 4.88. The van der Waals surface area contributed by atoms with E-state index in [4.69, 9.17) is 9.84 Å². The molecule has 0 aliphatic heterocycles. The average Bonchev–Trinajstić information content (AvgIpc) is 2.48. The minimum absolute atomic E-state index is 0.225. The lowest BCUT2D eigenvalue weighted by atomic mass is 10.2. The molecule has 0 radical (unpaired) electrons. The van der Waals surface area contributed by atoms with E-state index in [0.29, 0.717) is 17.2 Å². The highest BCUT2D eigenvalue weighted by molar-refractivity contribution is 7.99. The van der Waals surface area contributed by atoms with E-state index >= 15 is 0 Å². The van der Waals surface area contributed by atoms with Crippen molar-refractivity contribution in [1.29, 1.82) is 0 Å². The van der Waals surface area contributed by atoms with Gasteiger partial charge >= 0.3 is 11.9 Å². The number of rotatable bonds is 5. The Bertz CT molecular complexity index is 655. The molecule has 108 valence electrons. The van der Waals surface area contributed by atoms with Crippen LogP contribution in [0.4, 0.5) is 0 Å². The summed E-state index contributed by atoms with van der Waals surface area (Å²) in [7, 11) is 0. The molecule has 0 unspecified atom stereocenters. The van der Waals surface area contributed by atoms with Crippen molar-refractivity contribution in [3.05, 3.63) is 53.7 Å². The van der Waals surface area contributed by atoms with Crippen LogP contribution in [0.3, 0.4) is 0 Å². The molecule has 0 amide bonds. The van der Waals surface area contributed by atoms with Gasteiger partial charge in [-0.1, -0.05) is 17.8 Å². The van der Waals surface area contributed by atoms with Gasteiger partial charge in [0.05, 0.1) is 17.7 Å². The summed E-state index contributed by atoms with van der Waals surface area (Å²) in [6.45, 7) is 2.06. The number of aromatic carboxylic acids is 1. The summed E-state index contributed by atoms with van der Waals surface area (Å²) in [5.41, 5.74) is 0.614. The van der Waals surface area contributed by atoms with Crippen molar-refractivity contribution in [2.45, 2.75) is 16.8 Å². The Balaban J connectivity index is 2.11. The van der Waals surface area contributed by atoms with Crippen LogP contribution in [-0.4, -0.2) is 28.6 Å². The minimum Gasteiger partial charge on any atom is -0.478 e. The maximum atomic E-state index is 11.5. The summed E-state index contributed by atoms with van der Waals surface area (Å²) >= 11 is 1.33. The molecule has 5 nitrogen and oxygen atoms in total. The first-order chi connectivity index (χ1) is 10.1. The molecule has 0 atom stereocenters. The first-order valence-electron chi connectivity index (χ1n) is 6.24. The highest BCUT2D eigenvalue weighted by atomic mass is 32.2. The van der Waals surface area contributed by atoms with Gasteiger partial charge < -0.3 is 9.84 Å². The molecule has 0 spiro atoms. The zero-order valence-electron chi connectivity index (χ0n) is 11.3. The molecule has 0 bridgehead atoms. The van der Waals surface area contributed by atoms with Crippen LogP contribution >= 0.6 is 11.8 Å². The van der Waals surface area contributed by atoms with Gasteiger partial charge in [0, 0.05) is 11.1 Å². The Morgan fingerprint density at radius 2 is 2.05 bits per heavy atom. The Kier molecular flexibility index (Phi) is 4.94. The zero-order valence-corrected chi connectivity index (χ0v) is 12.1. The molecule has 0 aliphatic carbocycles. The molecule has 6 heteroatoms. The van der Waals surface area contributed by atoms with Gasteiger partial charge in [-0.25, -0.2) is 14.6 Å². The van der Waals surface area contributed by atoms with Crippen molar-refractivity contribution in [3.8, 4) is 0 Å². The third-order valence-corrected chi connectivity index (χ3v) is 3.49. The molecule has 2 rings (SSSR count). The number of carboxylic acid groups (broad SMARTS) is 1. The third-order valence-electron chi connectivity index (χ3n) is 2.55. The van der Waals surface area contributed by atoms with Gasteiger partial charge in [-0.15, -0.1) is 0 Å². The number of aromatic nitrogens is 1. The molecule has 21 heavy (non-hydrogen) atoms. The Morgan fingerprint density at radius 3 is 2.67 bits per heavy atom. The van der Waals surface area contributed by atoms with Gasteiger partial charge in [0.15, 0.2) is 0 Å². The molecule has 1 heterocycles. The standard InChI is InChI=1S/C15H13NO4S/c1-2-20-15(19)11-6-7-13(16-9-11)21-12-5-3-4-10(8-12)14(17)18/h3-9H,2H2,1H3,(H,17,18). The van der Waals surface area contributed by atoms with E-state index in [2.05, 4.69) is 4.98 Å². The van der Waals surface area contributed by atoms with Gasteiger partial charge in [0.2, 0.25) is 0 Å². The van der Waals surface area contributed by atoms with E-state index in [9.17, 15) is 9.59 Å². The second-order valence-electron chi connectivity index (χ2n) is 4.04. The van der Waals surface area contributed by atoms with E-state index in [1.165, 1.54) is 24.0 Å². The summed E-state index contributed by atoms with van der Waals surface area (Å²) in [6, 6.07) is 9.92. The molecular weight excluding hydrogens is 290 g/mol. The summed E-state index contributed by atoms with van der Waals surface area (Å²) in [4.78, 5) is 27.3. The predicted molar refractivity (Wildman–Crippen MR) is 77.7 cm³/mol. The SMILES string of the molecule is CCOC(=O)c1ccc(Sc2cccc(C(=O)O)c2)nc1. The Hall–Kier alpha value is -2.34. The largest absolute Gasteiger partial charge is 0.478 e. The van der Waals surface area contributed by atoms with Crippen molar-refractivity contribution >= 4 is 23.7 Å². The van der Waals surface area contributed by atoms with Crippen LogP contribution in [-0.2, 0) is 4.74 Å². The normalized spacial score (nSPS) is 10.1. The van der Waals surface area contributed by atoms with Crippen molar-refractivity contribution in [2.24, 2.45) is 0 Å². The number of carboxylic acids is 1. The first-order valence-corrected chi connectivity index (χ1v) is 7.06. The number of pyridine rings is 1.